The van der Waals surface area contributed by atoms with Gasteiger partial charge in [-0.25, -0.2) is 4.79 Å². The average Bonchev–Trinajstić information content (AvgIpc) is 2.39. The number of carboxylic acids is 1. The second kappa shape index (κ2) is 5.05. The van der Waals surface area contributed by atoms with Crippen LogP contribution in [0.1, 0.15) is 28.4 Å². The van der Waals surface area contributed by atoms with Crippen LogP contribution in [0.3, 0.4) is 0 Å². The molecule has 0 atom stereocenters. The maximum atomic E-state index is 11.0. The van der Waals surface area contributed by atoms with Gasteiger partial charge in [0.25, 0.3) is 0 Å². The van der Waals surface area contributed by atoms with Crippen molar-refractivity contribution in [2.75, 3.05) is 0 Å². The van der Waals surface area contributed by atoms with Crippen molar-refractivity contribution in [2.45, 2.75) is 20.3 Å². The van der Waals surface area contributed by atoms with E-state index in [-0.39, 0.29) is 0 Å². The molecular formula is C16H16O2. The third-order valence-electron chi connectivity index (χ3n) is 3.16. The van der Waals surface area contributed by atoms with Crippen LogP contribution in [0.25, 0.3) is 11.1 Å². The first kappa shape index (κ1) is 12.4. The minimum absolute atomic E-state index is 0.329. The number of aryl methyl sites for hydroxylation is 2. The lowest BCUT2D eigenvalue weighted by atomic mass is 9.97. The number of carboxylic acid groups (broad SMARTS) is 1. The van der Waals surface area contributed by atoms with Gasteiger partial charge in [-0.3, -0.25) is 0 Å². The Morgan fingerprint density at radius 1 is 1.11 bits per heavy atom. The molecule has 2 nitrogen and oxygen atoms in total. The fourth-order valence-electron chi connectivity index (χ4n) is 1.99. The van der Waals surface area contributed by atoms with Crippen LogP contribution in [0.2, 0.25) is 0 Å². The summed E-state index contributed by atoms with van der Waals surface area (Å²) in [4.78, 5) is 11.0. The van der Waals surface area contributed by atoms with Crippen molar-refractivity contribution in [2.24, 2.45) is 0 Å². The molecule has 0 aliphatic rings. The zero-order valence-electron chi connectivity index (χ0n) is 10.6. The molecule has 2 heteroatoms. The van der Waals surface area contributed by atoms with Crippen molar-refractivity contribution in [3.05, 3.63) is 59.2 Å². The van der Waals surface area contributed by atoms with E-state index in [0.29, 0.717) is 5.56 Å². The first-order valence-corrected chi connectivity index (χ1v) is 6.05. The van der Waals surface area contributed by atoms with Gasteiger partial charge in [-0.05, 0) is 47.7 Å². The highest BCUT2D eigenvalue weighted by Crippen LogP contribution is 2.25. The second-order valence-electron chi connectivity index (χ2n) is 4.39. The van der Waals surface area contributed by atoms with Gasteiger partial charge in [0.2, 0.25) is 0 Å². The van der Waals surface area contributed by atoms with Gasteiger partial charge >= 0.3 is 5.97 Å². The van der Waals surface area contributed by atoms with Crippen LogP contribution in [0.15, 0.2) is 42.5 Å². The molecule has 1 N–H and O–H groups in total. The van der Waals surface area contributed by atoms with Gasteiger partial charge in [-0.2, -0.15) is 0 Å². The summed E-state index contributed by atoms with van der Waals surface area (Å²) in [5.41, 5.74) is 4.75. The predicted molar refractivity (Wildman–Crippen MR) is 73.0 cm³/mol. The maximum absolute atomic E-state index is 11.0. The van der Waals surface area contributed by atoms with Crippen LogP contribution >= 0.6 is 0 Å². The molecule has 18 heavy (non-hydrogen) atoms. The van der Waals surface area contributed by atoms with Crippen molar-refractivity contribution >= 4 is 5.97 Å². The number of carbonyl (C=O) groups is 1. The van der Waals surface area contributed by atoms with Gasteiger partial charge in [0.05, 0.1) is 5.56 Å². The predicted octanol–water partition coefficient (Wildman–Crippen LogP) is 3.92. The molecule has 0 fully saturated rings. The van der Waals surface area contributed by atoms with Gasteiger partial charge in [0.1, 0.15) is 0 Å². The summed E-state index contributed by atoms with van der Waals surface area (Å²) < 4.78 is 0. The highest BCUT2D eigenvalue weighted by atomic mass is 16.4. The molecule has 0 radical (unpaired) electrons. The average molecular weight is 240 g/mol. The zero-order chi connectivity index (χ0) is 13.1. The van der Waals surface area contributed by atoms with Crippen LogP contribution < -0.4 is 0 Å². The van der Waals surface area contributed by atoms with Crippen molar-refractivity contribution in [3.63, 3.8) is 0 Å². The molecule has 0 aromatic heterocycles. The molecule has 0 aliphatic carbocycles. The molecular weight excluding hydrogens is 224 g/mol. The number of hydrogen-bond donors (Lipinski definition) is 1. The topological polar surface area (TPSA) is 37.3 Å². The summed E-state index contributed by atoms with van der Waals surface area (Å²) in [7, 11) is 0. The van der Waals surface area contributed by atoms with Gasteiger partial charge in [0.15, 0.2) is 0 Å². The molecule has 0 saturated carbocycles. The van der Waals surface area contributed by atoms with E-state index in [1.165, 1.54) is 5.56 Å². The van der Waals surface area contributed by atoms with Gasteiger partial charge < -0.3 is 5.11 Å². The Bertz CT molecular complexity index is 568. The van der Waals surface area contributed by atoms with E-state index in [4.69, 9.17) is 5.11 Å². The van der Waals surface area contributed by atoms with Crippen molar-refractivity contribution in [1.82, 2.24) is 0 Å². The summed E-state index contributed by atoms with van der Waals surface area (Å²) in [6.07, 6.45) is 1.01. The molecule has 0 amide bonds. The first-order valence-electron chi connectivity index (χ1n) is 6.05. The molecule has 0 unspecified atom stereocenters. The number of rotatable bonds is 3. The van der Waals surface area contributed by atoms with Crippen molar-refractivity contribution in [3.8, 4) is 11.1 Å². The molecule has 2 aromatic carbocycles. The largest absolute Gasteiger partial charge is 0.478 e. The van der Waals surface area contributed by atoms with Crippen LogP contribution in [-0.4, -0.2) is 11.1 Å². The molecule has 0 saturated heterocycles. The molecule has 2 aromatic rings. The Labute approximate surface area is 107 Å². The molecule has 0 heterocycles. The number of aromatic carboxylic acids is 1. The van der Waals surface area contributed by atoms with Crippen LogP contribution in [0.4, 0.5) is 0 Å². The van der Waals surface area contributed by atoms with Crippen molar-refractivity contribution in [1.29, 1.82) is 0 Å². The summed E-state index contributed by atoms with van der Waals surface area (Å²) in [6.45, 7) is 4.11. The van der Waals surface area contributed by atoms with E-state index in [0.717, 1.165) is 23.1 Å². The molecule has 0 aliphatic heterocycles. The fraction of sp³-hybridized carbons (Fsp3) is 0.188. The standard InChI is InChI=1S/C16H16O2/c1-3-12-5-8-13(9-6-12)15-10-14(16(17)18)7-4-11(15)2/h4-10H,3H2,1-2H3,(H,17,18). The van der Waals surface area contributed by atoms with Crippen LogP contribution in [0.5, 0.6) is 0 Å². The summed E-state index contributed by atoms with van der Waals surface area (Å²) in [5, 5.41) is 9.03. The normalized spacial score (nSPS) is 10.3. The number of hydrogen-bond acceptors (Lipinski definition) is 1. The third-order valence-corrected chi connectivity index (χ3v) is 3.16. The van der Waals surface area contributed by atoms with E-state index in [9.17, 15) is 4.79 Å². The quantitative estimate of drug-likeness (QED) is 0.882. The third kappa shape index (κ3) is 2.43. The second-order valence-corrected chi connectivity index (χ2v) is 4.39. The molecule has 0 bridgehead atoms. The minimum atomic E-state index is -0.888. The van der Waals surface area contributed by atoms with Crippen LogP contribution in [-0.2, 0) is 6.42 Å². The van der Waals surface area contributed by atoms with Gasteiger partial charge in [0, 0.05) is 0 Å². The minimum Gasteiger partial charge on any atom is -0.478 e. The number of benzene rings is 2. The maximum Gasteiger partial charge on any atom is 0.335 e. The lowest BCUT2D eigenvalue weighted by Crippen LogP contribution is -1.97. The monoisotopic (exact) mass is 240 g/mol. The Balaban J connectivity index is 2.48. The Morgan fingerprint density at radius 2 is 1.78 bits per heavy atom. The molecule has 0 spiro atoms. The summed E-state index contributed by atoms with van der Waals surface area (Å²) >= 11 is 0. The summed E-state index contributed by atoms with van der Waals surface area (Å²) in [6, 6.07) is 13.5. The van der Waals surface area contributed by atoms with E-state index >= 15 is 0 Å². The SMILES string of the molecule is CCc1ccc(-c2cc(C(=O)O)ccc2C)cc1. The zero-order valence-corrected chi connectivity index (χ0v) is 10.6. The molecule has 2 rings (SSSR count). The lowest BCUT2D eigenvalue weighted by molar-refractivity contribution is 0.0697. The first-order chi connectivity index (χ1) is 8.61. The Kier molecular flexibility index (Phi) is 3.47. The van der Waals surface area contributed by atoms with Gasteiger partial charge in [-0.15, -0.1) is 0 Å². The molecule has 92 valence electrons. The highest BCUT2D eigenvalue weighted by Gasteiger charge is 2.07. The van der Waals surface area contributed by atoms with E-state index in [1.807, 2.05) is 25.1 Å². The van der Waals surface area contributed by atoms with E-state index < -0.39 is 5.97 Å². The Morgan fingerprint density at radius 3 is 2.33 bits per heavy atom. The van der Waals surface area contributed by atoms with E-state index in [1.54, 1.807) is 12.1 Å². The van der Waals surface area contributed by atoms with Gasteiger partial charge in [-0.1, -0.05) is 37.3 Å². The van der Waals surface area contributed by atoms with E-state index in [2.05, 4.69) is 19.1 Å². The Hall–Kier alpha value is -2.09. The lowest BCUT2D eigenvalue weighted by Gasteiger charge is -2.08. The van der Waals surface area contributed by atoms with Crippen LogP contribution in [0, 0.1) is 6.92 Å². The highest BCUT2D eigenvalue weighted by molar-refractivity contribution is 5.89. The summed E-state index contributed by atoms with van der Waals surface area (Å²) in [5.74, 6) is -0.888. The fourth-order valence-corrected chi connectivity index (χ4v) is 1.99. The van der Waals surface area contributed by atoms with Crippen molar-refractivity contribution < 1.29 is 9.90 Å². The smallest absolute Gasteiger partial charge is 0.335 e.